The molecule has 5 heteroatoms. The fourth-order valence-corrected chi connectivity index (χ4v) is 1.57. The summed E-state index contributed by atoms with van der Waals surface area (Å²) in [5.74, 6) is -0.259. The number of nitrogens with two attached hydrogens (primary N) is 1. The number of halogens is 1. The fourth-order valence-electron chi connectivity index (χ4n) is 1.57. The molecule has 0 radical (unpaired) electrons. The highest BCUT2D eigenvalue weighted by Crippen LogP contribution is 2.18. The summed E-state index contributed by atoms with van der Waals surface area (Å²) >= 11 is 0. The standard InChI is InChI=1S/C14H21FN2O2/c1-3-19-13-6-5-11(8-12(13)15)9-17-14(18)7-4-10(2)16/h5-6,8,10H,3-4,7,9,16H2,1-2H3,(H,17,18). The molecule has 0 aliphatic carbocycles. The number of rotatable bonds is 7. The van der Waals surface area contributed by atoms with Gasteiger partial charge in [-0.05, 0) is 38.0 Å². The predicted molar refractivity (Wildman–Crippen MR) is 72.3 cm³/mol. The maximum Gasteiger partial charge on any atom is 0.220 e. The molecule has 0 aliphatic rings. The Morgan fingerprint density at radius 2 is 2.26 bits per heavy atom. The highest BCUT2D eigenvalue weighted by molar-refractivity contribution is 5.75. The van der Waals surface area contributed by atoms with Gasteiger partial charge in [0, 0.05) is 19.0 Å². The van der Waals surface area contributed by atoms with Gasteiger partial charge >= 0.3 is 0 Å². The van der Waals surface area contributed by atoms with E-state index >= 15 is 0 Å². The minimum Gasteiger partial charge on any atom is -0.491 e. The Morgan fingerprint density at radius 1 is 1.53 bits per heavy atom. The van der Waals surface area contributed by atoms with Crippen LogP contribution in [0.5, 0.6) is 5.75 Å². The van der Waals surface area contributed by atoms with Gasteiger partial charge in [-0.1, -0.05) is 6.07 Å². The first-order chi connectivity index (χ1) is 9.02. The minimum atomic E-state index is -0.413. The Balaban J connectivity index is 2.45. The van der Waals surface area contributed by atoms with E-state index in [0.717, 1.165) is 0 Å². The van der Waals surface area contributed by atoms with Crippen LogP contribution < -0.4 is 15.8 Å². The lowest BCUT2D eigenvalue weighted by Gasteiger charge is -2.09. The predicted octanol–water partition coefficient (Wildman–Crippen LogP) is 1.97. The van der Waals surface area contributed by atoms with E-state index in [4.69, 9.17) is 10.5 Å². The molecule has 1 rings (SSSR count). The summed E-state index contributed by atoms with van der Waals surface area (Å²) in [5, 5.41) is 2.73. The van der Waals surface area contributed by atoms with Crippen molar-refractivity contribution in [1.82, 2.24) is 5.32 Å². The fraction of sp³-hybridized carbons (Fsp3) is 0.500. The Labute approximate surface area is 113 Å². The number of carbonyl (C=O) groups is 1. The molecule has 1 aromatic rings. The molecule has 0 fully saturated rings. The van der Waals surface area contributed by atoms with Crippen LogP contribution in [0.3, 0.4) is 0 Å². The molecule has 0 spiro atoms. The molecule has 0 saturated heterocycles. The molecule has 1 atom stereocenters. The summed E-state index contributed by atoms with van der Waals surface area (Å²) in [6.45, 7) is 4.38. The van der Waals surface area contributed by atoms with Crippen molar-refractivity contribution in [2.45, 2.75) is 39.3 Å². The van der Waals surface area contributed by atoms with Gasteiger partial charge in [-0.25, -0.2) is 4.39 Å². The van der Waals surface area contributed by atoms with Gasteiger partial charge in [-0.15, -0.1) is 0 Å². The summed E-state index contributed by atoms with van der Waals surface area (Å²) in [5.41, 5.74) is 6.27. The van der Waals surface area contributed by atoms with E-state index in [9.17, 15) is 9.18 Å². The molecule has 1 aromatic carbocycles. The number of amides is 1. The van der Waals surface area contributed by atoms with Crippen molar-refractivity contribution in [1.29, 1.82) is 0 Å². The van der Waals surface area contributed by atoms with Crippen molar-refractivity contribution in [3.05, 3.63) is 29.6 Å². The van der Waals surface area contributed by atoms with Gasteiger partial charge in [-0.2, -0.15) is 0 Å². The quantitative estimate of drug-likeness (QED) is 0.794. The lowest BCUT2D eigenvalue weighted by Crippen LogP contribution is -2.25. The topological polar surface area (TPSA) is 64.3 Å². The Morgan fingerprint density at radius 3 is 2.84 bits per heavy atom. The molecule has 0 aromatic heterocycles. The van der Waals surface area contributed by atoms with Crippen LogP contribution in [0, 0.1) is 5.82 Å². The van der Waals surface area contributed by atoms with Crippen molar-refractivity contribution in [3.8, 4) is 5.75 Å². The van der Waals surface area contributed by atoms with Crippen LogP contribution in [0.4, 0.5) is 4.39 Å². The largest absolute Gasteiger partial charge is 0.491 e. The lowest BCUT2D eigenvalue weighted by atomic mass is 10.1. The second-order valence-electron chi connectivity index (χ2n) is 4.49. The van der Waals surface area contributed by atoms with Crippen LogP contribution in [0.15, 0.2) is 18.2 Å². The zero-order valence-corrected chi connectivity index (χ0v) is 11.4. The van der Waals surface area contributed by atoms with Gasteiger partial charge in [0.05, 0.1) is 6.61 Å². The third kappa shape index (κ3) is 5.70. The molecule has 0 bridgehead atoms. The van der Waals surface area contributed by atoms with E-state index in [2.05, 4.69) is 5.32 Å². The van der Waals surface area contributed by atoms with Gasteiger partial charge in [0.25, 0.3) is 0 Å². The molecule has 19 heavy (non-hydrogen) atoms. The molecule has 106 valence electrons. The number of nitrogens with one attached hydrogen (secondary N) is 1. The smallest absolute Gasteiger partial charge is 0.220 e. The number of hydrogen-bond donors (Lipinski definition) is 2. The van der Waals surface area contributed by atoms with Crippen molar-refractivity contribution >= 4 is 5.91 Å². The SMILES string of the molecule is CCOc1ccc(CNC(=O)CCC(C)N)cc1F. The van der Waals surface area contributed by atoms with Gasteiger partial charge in [0.2, 0.25) is 5.91 Å². The van der Waals surface area contributed by atoms with Crippen LogP contribution >= 0.6 is 0 Å². The highest BCUT2D eigenvalue weighted by Gasteiger charge is 2.06. The lowest BCUT2D eigenvalue weighted by molar-refractivity contribution is -0.121. The second kappa shape index (κ2) is 7.74. The molecular formula is C14H21FN2O2. The normalized spacial score (nSPS) is 12.0. The van der Waals surface area contributed by atoms with E-state index < -0.39 is 5.82 Å². The zero-order chi connectivity index (χ0) is 14.3. The molecule has 1 amide bonds. The first-order valence-electron chi connectivity index (χ1n) is 6.46. The van der Waals surface area contributed by atoms with Gasteiger partial charge in [-0.3, -0.25) is 4.79 Å². The van der Waals surface area contributed by atoms with Crippen LogP contribution in [-0.2, 0) is 11.3 Å². The summed E-state index contributed by atoms with van der Waals surface area (Å²) in [6, 6.07) is 4.69. The van der Waals surface area contributed by atoms with E-state index in [1.165, 1.54) is 6.07 Å². The third-order valence-electron chi connectivity index (χ3n) is 2.61. The van der Waals surface area contributed by atoms with Crippen molar-refractivity contribution < 1.29 is 13.9 Å². The first kappa shape index (κ1) is 15.4. The summed E-state index contributed by atoms with van der Waals surface area (Å²) < 4.78 is 18.7. The number of benzene rings is 1. The molecule has 0 saturated carbocycles. The van der Waals surface area contributed by atoms with Crippen LogP contribution in [0.2, 0.25) is 0 Å². The number of hydrogen-bond acceptors (Lipinski definition) is 3. The molecular weight excluding hydrogens is 247 g/mol. The average Bonchev–Trinajstić information content (AvgIpc) is 2.37. The Hall–Kier alpha value is -1.62. The Kier molecular flexibility index (Phi) is 6.29. The van der Waals surface area contributed by atoms with E-state index in [-0.39, 0.29) is 17.7 Å². The number of carbonyl (C=O) groups excluding carboxylic acids is 1. The third-order valence-corrected chi connectivity index (χ3v) is 2.61. The first-order valence-corrected chi connectivity index (χ1v) is 6.46. The zero-order valence-electron chi connectivity index (χ0n) is 11.4. The van der Waals surface area contributed by atoms with Crippen LogP contribution in [0.1, 0.15) is 32.3 Å². The molecule has 4 nitrogen and oxygen atoms in total. The molecule has 3 N–H and O–H groups in total. The summed E-state index contributed by atoms with van der Waals surface area (Å²) in [6.07, 6.45) is 1.03. The molecule has 0 heterocycles. The second-order valence-corrected chi connectivity index (χ2v) is 4.49. The maximum atomic E-state index is 13.6. The van der Waals surface area contributed by atoms with Crippen LogP contribution in [-0.4, -0.2) is 18.6 Å². The maximum absolute atomic E-state index is 13.6. The number of ether oxygens (including phenoxy) is 1. The van der Waals surface area contributed by atoms with Crippen molar-refractivity contribution in [2.24, 2.45) is 5.73 Å². The summed E-state index contributed by atoms with van der Waals surface area (Å²) in [4.78, 5) is 11.5. The van der Waals surface area contributed by atoms with E-state index in [0.29, 0.717) is 31.6 Å². The van der Waals surface area contributed by atoms with Crippen molar-refractivity contribution in [3.63, 3.8) is 0 Å². The van der Waals surface area contributed by atoms with Gasteiger partial charge in [0.1, 0.15) is 0 Å². The van der Waals surface area contributed by atoms with Crippen molar-refractivity contribution in [2.75, 3.05) is 6.61 Å². The van der Waals surface area contributed by atoms with Gasteiger partial charge in [0.15, 0.2) is 11.6 Å². The van der Waals surface area contributed by atoms with Gasteiger partial charge < -0.3 is 15.8 Å². The highest BCUT2D eigenvalue weighted by atomic mass is 19.1. The molecule has 1 unspecified atom stereocenters. The van der Waals surface area contributed by atoms with E-state index in [1.54, 1.807) is 19.1 Å². The minimum absolute atomic E-state index is 0.00803. The summed E-state index contributed by atoms with van der Waals surface area (Å²) in [7, 11) is 0. The van der Waals surface area contributed by atoms with Crippen LogP contribution in [0.25, 0.3) is 0 Å². The average molecular weight is 268 g/mol. The van der Waals surface area contributed by atoms with E-state index in [1.807, 2.05) is 6.92 Å². The Bertz CT molecular complexity index is 422. The molecule has 0 aliphatic heterocycles. The monoisotopic (exact) mass is 268 g/mol.